The lowest BCUT2D eigenvalue weighted by atomic mass is 10.1. The number of carbonyl (C=O) groups excluding carboxylic acids is 1. The average molecular weight is 511 g/mol. The van der Waals surface area contributed by atoms with Crippen LogP contribution in [0, 0.1) is 0 Å². The van der Waals surface area contributed by atoms with Gasteiger partial charge in [0.15, 0.2) is 0 Å². The smallest absolute Gasteiger partial charge is 0.327 e. The maximum Gasteiger partial charge on any atom is 0.327 e. The summed E-state index contributed by atoms with van der Waals surface area (Å²) in [5, 5.41) is 0. The quantitative estimate of drug-likeness (QED) is 0.381. The number of hydrogen-bond acceptors (Lipinski definition) is 7. The molecular weight excluding hydrogens is 480 g/mol. The Hall–Kier alpha value is -3.85. The Morgan fingerprint density at radius 3 is 2.31 bits per heavy atom. The number of esters is 1. The molecule has 0 spiro atoms. The highest BCUT2D eigenvalue weighted by molar-refractivity contribution is 7.93. The van der Waals surface area contributed by atoms with Crippen LogP contribution in [0.3, 0.4) is 0 Å². The van der Waals surface area contributed by atoms with Crippen LogP contribution in [-0.4, -0.2) is 45.7 Å². The SMILES string of the molecule is COc1ccc(OC)c(S(=O)(=O)N(CC(=O)OC(C)(C)C)c2ccccc2/C=C/c2ccncc2)c1. The fraction of sp³-hybridized carbons (Fsp3) is 0.259. The van der Waals surface area contributed by atoms with Gasteiger partial charge in [-0.3, -0.25) is 14.1 Å². The molecule has 1 aromatic heterocycles. The molecular formula is C27H30N2O6S. The summed E-state index contributed by atoms with van der Waals surface area (Å²) in [5.74, 6) is -0.242. The molecule has 9 heteroatoms. The second-order valence-corrected chi connectivity index (χ2v) is 10.6. The third-order valence-electron chi connectivity index (χ3n) is 5.00. The third kappa shape index (κ3) is 6.63. The van der Waals surface area contributed by atoms with Crippen LogP contribution >= 0.6 is 0 Å². The lowest BCUT2D eigenvalue weighted by Crippen LogP contribution is -2.39. The molecule has 8 nitrogen and oxygen atoms in total. The number of sulfonamides is 1. The number of nitrogens with zero attached hydrogens (tertiary/aromatic N) is 2. The van der Waals surface area contributed by atoms with Crippen LogP contribution < -0.4 is 13.8 Å². The van der Waals surface area contributed by atoms with E-state index in [1.807, 2.05) is 18.2 Å². The number of para-hydroxylation sites is 1. The van der Waals surface area contributed by atoms with Crippen LogP contribution in [0.5, 0.6) is 11.5 Å². The number of methoxy groups -OCH3 is 2. The van der Waals surface area contributed by atoms with Crippen molar-refractivity contribution in [1.29, 1.82) is 0 Å². The summed E-state index contributed by atoms with van der Waals surface area (Å²) >= 11 is 0. The zero-order chi connectivity index (χ0) is 26.3. The van der Waals surface area contributed by atoms with Gasteiger partial charge in [-0.05, 0) is 62.2 Å². The Morgan fingerprint density at radius 2 is 1.67 bits per heavy atom. The van der Waals surface area contributed by atoms with Crippen molar-refractivity contribution >= 4 is 33.8 Å². The minimum Gasteiger partial charge on any atom is -0.497 e. The Morgan fingerprint density at radius 1 is 0.972 bits per heavy atom. The van der Waals surface area contributed by atoms with Gasteiger partial charge in [0.25, 0.3) is 10.0 Å². The maximum atomic E-state index is 14.1. The van der Waals surface area contributed by atoms with Crippen LogP contribution in [-0.2, 0) is 19.6 Å². The second-order valence-electron chi connectivity index (χ2n) is 8.79. The number of aromatic nitrogens is 1. The summed E-state index contributed by atoms with van der Waals surface area (Å²) in [6.07, 6.45) is 6.95. The number of rotatable bonds is 9. The zero-order valence-electron chi connectivity index (χ0n) is 21.0. The first-order valence-corrected chi connectivity index (χ1v) is 12.6. The highest BCUT2D eigenvalue weighted by atomic mass is 32.2. The van der Waals surface area contributed by atoms with Crippen LogP contribution in [0.15, 0.2) is 71.9 Å². The lowest BCUT2D eigenvalue weighted by molar-refractivity contribution is -0.152. The van der Waals surface area contributed by atoms with Crippen LogP contribution in [0.25, 0.3) is 12.2 Å². The largest absolute Gasteiger partial charge is 0.497 e. The first kappa shape index (κ1) is 26.7. The molecule has 0 saturated heterocycles. The summed E-state index contributed by atoms with van der Waals surface area (Å²) in [6, 6.07) is 15.0. The molecule has 0 aliphatic heterocycles. The Kier molecular flexibility index (Phi) is 8.37. The molecule has 190 valence electrons. The van der Waals surface area contributed by atoms with Crippen molar-refractivity contribution in [3.8, 4) is 11.5 Å². The highest BCUT2D eigenvalue weighted by Crippen LogP contribution is 2.35. The number of carbonyl (C=O) groups is 1. The monoisotopic (exact) mass is 510 g/mol. The van der Waals surface area contributed by atoms with Gasteiger partial charge >= 0.3 is 5.97 Å². The van der Waals surface area contributed by atoms with E-state index in [4.69, 9.17) is 14.2 Å². The third-order valence-corrected chi connectivity index (χ3v) is 6.78. The van der Waals surface area contributed by atoms with E-state index in [9.17, 15) is 13.2 Å². The van der Waals surface area contributed by atoms with E-state index in [0.717, 1.165) is 9.87 Å². The van der Waals surface area contributed by atoms with Gasteiger partial charge < -0.3 is 14.2 Å². The van der Waals surface area contributed by atoms with Gasteiger partial charge in [-0.15, -0.1) is 0 Å². The van der Waals surface area contributed by atoms with Crippen LogP contribution in [0.4, 0.5) is 5.69 Å². The summed E-state index contributed by atoms with van der Waals surface area (Å²) in [4.78, 5) is 16.8. The molecule has 0 aliphatic rings. The normalized spacial score (nSPS) is 11.8. The van der Waals surface area contributed by atoms with E-state index in [1.165, 1.54) is 26.4 Å². The molecule has 3 rings (SSSR count). The second kappa shape index (κ2) is 11.3. The van der Waals surface area contributed by atoms with E-state index in [-0.39, 0.29) is 10.6 Å². The molecule has 0 aliphatic carbocycles. The Balaban J connectivity index is 2.16. The van der Waals surface area contributed by atoms with Gasteiger partial charge in [-0.1, -0.05) is 30.4 Å². The van der Waals surface area contributed by atoms with Crippen molar-refractivity contribution in [1.82, 2.24) is 4.98 Å². The van der Waals surface area contributed by atoms with Crippen molar-refractivity contribution in [3.63, 3.8) is 0 Å². The maximum absolute atomic E-state index is 14.1. The van der Waals surface area contributed by atoms with Crippen molar-refractivity contribution in [2.75, 3.05) is 25.1 Å². The van der Waals surface area contributed by atoms with E-state index in [0.29, 0.717) is 17.0 Å². The Labute approximate surface area is 212 Å². The number of anilines is 1. The first-order valence-electron chi connectivity index (χ1n) is 11.2. The summed E-state index contributed by atoms with van der Waals surface area (Å²) in [5.41, 5.74) is 0.985. The fourth-order valence-corrected chi connectivity index (χ4v) is 5.02. The minimum absolute atomic E-state index is 0.120. The molecule has 0 fully saturated rings. The summed E-state index contributed by atoms with van der Waals surface area (Å²) in [7, 11) is -1.48. The molecule has 3 aromatic rings. The molecule has 0 N–H and O–H groups in total. The number of hydrogen-bond donors (Lipinski definition) is 0. The van der Waals surface area contributed by atoms with Gasteiger partial charge in [0.1, 0.15) is 28.5 Å². The van der Waals surface area contributed by atoms with Gasteiger partial charge in [0.05, 0.1) is 19.9 Å². The van der Waals surface area contributed by atoms with Crippen molar-refractivity contribution in [2.45, 2.75) is 31.3 Å². The molecule has 36 heavy (non-hydrogen) atoms. The minimum atomic E-state index is -4.30. The van der Waals surface area contributed by atoms with Gasteiger partial charge in [-0.2, -0.15) is 0 Å². The summed E-state index contributed by atoms with van der Waals surface area (Å²) in [6.45, 7) is 4.63. The molecule has 0 bridgehead atoms. The van der Waals surface area contributed by atoms with E-state index >= 15 is 0 Å². The molecule has 1 heterocycles. The molecule has 0 unspecified atom stereocenters. The first-order chi connectivity index (χ1) is 17.0. The number of pyridine rings is 1. The number of ether oxygens (including phenoxy) is 3. The van der Waals surface area contributed by atoms with Gasteiger partial charge in [0, 0.05) is 18.5 Å². The number of benzene rings is 2. The molecule has 0 saturated carbocycles. The predicted molar refractivity (Wildman–Crippen MR) is 140 cm³/mol. The zero-order valence-corrected chi connectivity index (χ0v) is 21.8. The molecule has 2 aromatic carbocycles. The topological polar surface area (TPSA) is 95.0 Å². The standard InChI is InChI=1S/C27H30N2O6S/c1-27(2,3)35-26(30)19-29(36(31,32)25-18-22(33-4)12-13-24(25)34-5)23-9-7-6-8-21(23)11-10-20-14-16-28-17-15-20/h6-18H,19H2,1-5H3/b11-10+. The van der Waals surface area contributed by atoms with Crippen molar-refractivity contribution in [3.05, 3.63) is 78.1 Å². The van der Waals surface area contributed by atoms with E-state index in [2.05, 4.69) is 4.98 Å². The average Bonchev–Trinajstić information content (AvgIpc) is 2.85. The molecule has 0 atom stereocenters. The highest BCUT2D eigenvalue weighted by Gasteiger charge is 2.33. The molecule has 0 amide bonds. The van der Waals surface area contributed by atoms with E-state index < -0.39 is 28.1 Å². The predicted octanol–water partition coefficient (Wildman–Crippen LogP) is 4.81. The fourth-order valence-electron chi connectivity index (χ4n) is 3.41. The van der Waals surface area contributed by atoms with Crippen LogP contribution in [0.1, 0.15) is 31.9 Å². The van der Waals surface area contributed by atoms with Gasteiger partial charge in [-0.25, -0.2) is 8.42 Å². The van der Waals surface area contributed by atoms with E-state index in [1.54, 1.807) is 69.6 Å². The van der Waals surface area contributed by atoms with Gasteiger partial charge in [0.2, 0.25) is 0 Å². The van der Waals surface area contributed by atoms with Crippen molar-refractivity contribution in [2.24, 2.45) is 0 Å². The van der Waals surface area contributed by atoms with Crippen molar-refractivity contribution < 1.29 is 27.4 Å². The van der Waals surface area contributed by atoms with Crippen LogP contribution in [0.2, 0.25) is 0 Å². The molecule has 0 radical (unpaired) electrons. The Bertz CT molecular complexity index is 1330. The lowest BCUT2D eigenvalue weighted by Gasteiger charge is -2.28. The summed E-state index contributed by atoms with van der Waals surface area (Å²) < 4.78 is 45.2.